The summed E-state index contributed by atoms with van der Waals surface area (Å²) in [7, 11) is 0. The number of hydrogen-bond acceptors (Lipinski definition) is 3. The van der Waals surface area contributed by atoms with Crippen LogP contribution in [0.3, 0.4) is 0 Å². The van der Waals surface area contributed by atoms with E-state index in [1.54, 1.807) is 0 Å². The molecule has 17 heavy (non-hydrogen) atoms. The summed E-state index contributed by atoms with van der Waals surface area (Å²) >= 11 is 0. The van der Waals surface area contributed by atoms with E-state index in [0.29, 0.717) is 17.9 Å². The van der Waals surface area contributed by atoms with Crippen LogP contribution in [0.1, 0.15) is 32.6 Å². The Morgan fingerprint density at radius 3 is 2.88 bits per heavy atom. The lowest BCUT2D eigenvalue weighted by molar-refractivity contribution is -0.132. The quantitative estimate of drug-likeness (QED) is 0.800. The predicted molar refractivity (Wildman–Crippen MR) is 66.8 cm³/mol. The summed E-state index contributed by atoms with van der Waals surface area (Å²) in [6.45, 7) is 6.57. The average molecular weight is 240 g/mol. The van der Waals surface area contributed by atoms with Gasteiger partial charge in [-0.3, -0.25) is 4.79 Å². The van der Waals surface area contributed by atoms with Gasteiger partial charge in [0.1, 0.15) is 0 Å². The topological polar surface area (TPSA) is 41.6 Å². The van der Waals surface area contributed by atoms with Crippen molar-refractivity contribution in [2.24, 2.45) is 5.92 Å². The van der Waals surface area contributed by atoms with Crippen LogP contribution in [-0.2, 0) is 9.53 Å². The number of amides is 1. The van der Waals surface area contributed by atoms with Crippen molar-refractivity contribution in [2.45, 2.75) is 38.6 Å². The molecule has 0 bridgehead atoms. The van der Waals surface area contributed by atoms with Crippen molar-refractivity contribution in [1.82, 2.24) is 10.2 Å². The second-order valence-electron chi connectivity index (χ2n) is 5.29. The molecular formula is C13H24N2O2. The van der Waals surface area contributed by atoms with Gasteiger partial charge in [0.25, 0.3) is 0 Å². The van der Waals surface area contributed by atoms with Crippen molar-refractivity contribution in [1.29, 1.82) is 0 Å². The van der Waals surface area contributed by atoms with Gasteiger partial charge < -0.3 is 15.0 Å². The van der Waals surface area contributed by atoms with Crippen molar-refractivity contribution in [3.63, 3.8) is 0 Å². The highest BCUT2D eigenvalue weighted by atomic mass is 16.5. The monoisotopic (exact) mass is 240 g/mol. The van der Waals surface area contributed by atoms with E-state index >= 15 is 0 Å². The van der Waals surface area contributed by atoms with Crippen LogP contribution in [-0.4, -0.2) is 49.7 Å². The molecule has 1 unspecified atom stereocenters. The van der Waals surface area contributed by atoms with E-state index in [9.17, 15) is 4.79 Å². The van der Waals surface area contributed by atoms with E-state index in [0.717, 1.165) is 58.5 Å². The van der Waals surface area contributed by atoms with E-state index in [-0.39, 0.29) is 0 Å². The molecule has 2 aliphatic rings. The number of ether oxygens (including phenoxy) is 1. The molecule has 2 heterocycles. The van der Waals surface area contributed by atoms with Crippen LogP contribution in [0.15, 0.2) is 0 Å². The van der Waals surface area contributed by atoms with Gasteiger partial charge in [0, 0.05) is 45.3 Å². The van der Waals surface area contributed by atoms with Crippen LogP contribution < -0.4 is 5.32 Å². The van der Waals surface area contributed by atoms with E-state index in [1.807, 2.05) is 4.90 Å². The molecule has 0 radical (unpaired) electrons. The van der Waals surface area contributed by atoms with E-state index in [2.05, 4.69) is 12.2 Å². The Labute approximate surface area is 104 Å². The molecule has 1 N–H and O–H groups in total. The van der Waals surface area contributed by atoms with E-state index in [4.69, 9.17) is 4.74 Å². The highest BCUT2D eigenvalue weighted by Gasteiger charge is 2.21. The van der Waals surface area contributed by atoms with Crippen LogP contribution in [0.5, 0.6) is 0 Å². The lowest BCUT2D eigenvalue weighted by atomic mass is 9.94. The zero-order chi connectivity index (χ0) is 12.1. The van der Waals surface area contributed by atoms with Gasteiger partial charge in [-0.05, 0) is 32.1 Å². The van der Waals surface area contributed by atoms with Crippen molar-refractivity contribution in [3.8, 4) is 0 Å². The van der Waals surface area contributed by atoms with Crippen LogP contribution in [0, 0.1) is 5.92 Å². The Morgan fingerprint density at radius 2 is 2.18 bits per heavy atom. The second kappa shape index (κ2) is 6.36. The second-order valence-corrected chi connectivity index (χ2v) is 5.29. The molecule has 1 atom stereocenters. The summed E-state index contributed by atoms with van der Waals surface area (Å²) in [5, 5.41) is 3.36. The first-order valence-corrected chi connectivity index (χ1v) is 6.84. The molecule has 2 saturated heterocycles. The number of nitrogens with zero attached hydrogens (tertiary/aromatic N) is 1. The highest BCUT2D eigenvalue weighted by Crippen LogP contribution is 2.20. The first kappa shape index (κ1) is 12.8. The maximum Gasteiger partial charge on any atom is 0.222 e. The summed E-state index contributed by atoms with van der Waals surface area (Å²) in [6, 6.07) is 0.441. The average Bonchev–Trinajstić information content (AvgIpc) is 2.37. The van der Waals surface area contributed by atoms with Crippen LogP contribution >= 0.6 is 0 Å². The predicted octanol–water partition coefficient (Wildman–Crippen LogP) is 1.01. The van der Waals surface area contributed by atoms with Gasteiger partial charge in [-0.15, -0.1) is 0 Å². The third-order valence-electron chi connectivity index (χ3n) is 3.83. The van der Waals surface area contributed by atoms with Crippen molar-refractivity contribution in [2.75, 3.05) is 32.8 Å². The molecule has 0 aromatic heterocycles. The molecule has 1 amide bonds. The molecule has 2 fully saturated rings. The Kier molecular flexibility index (Phi) is 4.80. The number of piperazine rings is 1. The molecule has 2 aliphatic heterocycles. The van der Waals surface area contributed by atoms with Gasteiger partial charge in [0.15, 0.2) is 0 Å². The van der Waals surface area contributed by atoms with Gasteiger partial charge in [-0.1, -0.05) is 0 Å². The number of nitrogens with one attached hydrogen (secondary N) is 1. The molecule has 0 spiro atoms. The normalized spacial score (nSPS) is 27.1. The fourth-order valence-corrected chi connectivity index (χ4v) is 2.68. The summed E-state index contributed by atoms with van der Waals surface area (Å²) in [4.78, 5) is 14.1. The van der Waals surface area contributed by atoms with Crippen LogP contribution in [0.4, 0.5) is 0 Å². The number of rotatable bonds is 3. The Bertz CT molecular complexity index is 252. The largest absolute Gasteiger partial charge is 0.381 e. The smallest absolute Gasteiger partial charge is 0.222 e. The van der Waals surface area contributed by atoms with Gasteiger partial charge in [-0.25, -0.2) is 0 Å². The molecule has 0 aromatic carbocycles. The third kappa shape index (κ3) is 3.96. The minimum Gasteiger partial charge on any atom is -0.381 e. The zero-order valence-electron chi connectivity index (χ0n) is 10.8. The standard InChI is InChI=1S/C13H24N2O2/c1-11-10-15(7-6-14-11)13(16)3-2-12-4-8-17-9-5-12/h11-12,14H,2-10H2,1H3. The highest BCUT2D eigenvalue weighted by molar-refractivity contribution is 5.76. The van der Waals surface area contributed by atoms with Gasteiger partial charge in [0.2, 0.25) is 5.91 Å². The molecule has 0 saturated carbocycles. The maximum atomic E-state index is 12.1. The molecule has 4 heteroatoms. The fourth-order valence-electron chi connectivity index (χ4n) is 2.68. The van der Waals surface area contributed by atoms with Crippen molar-refractivity contribution in [3.05, 3.63) is 0 Å². The summed E-state index contributed by atoms with van der Waals surface area (Å²) in [5.41, 5.74) is 0. The Hall–Kier alpha value is -0.610. The van der Waals surface area contributed by atoms with E-state index in [1.165, 1.54) is 0 Å². The lowest BCUT2D eigenvalue weighted by Gasteiger charge is -2.32. The molecule has 4 nitrogen and oxygen atoms in total. The van der Waals surface area contributed by atoms with Gasteiger partial charge in [-0.2, -0.15) is 0 Å². The van der Waals surface area contributed by atoms with Gasteiger partial charge >= 0.3 is 0 Å². The SMILES string of the molecule is CC1CN(C(=O)CCC2CCOCC2)CCN1. The number of carbonyl (C=O) groups is 1. The molecule has 98 valence electrons. The Balaban J connectivity index is 1.69. The summed E-state index contributed by atoms with van der Waals surface area (Å²) in [6.07, 6.45) is 4.02. The molecule has 0 aromatic rings. The third-order valence-corrected chi connectivity index (χ3v) is 3.83. The van der Waals surface area contributed by atoms with Crippen LogP contribution in [0.2, 0.25) is 0 Å². The number of hydrogen-bond donors (Lipinski definition) is 1. The molecule has 0 aliphatic carbocycles. The first-order valence-electron chi connectivity index (χ1n) is 6.84. The number of carbonyl (C=O) groups excluding carboxylic acids is 1. The van der Waals surface area contributed by atoms with Crippen molar-refractivity contribution >= 4 is 5.91 Å². The minimum atomic E-state index is 0.338. The first-order chi connectivity index (χ1) is 8.25. The maximum absolute atomic E-state index is 12.1. The zero-order valence-corrected chi connectivity index (χ0v) is 10.8. The Morgan fingerprint density at radius 1 is 1.41 bits per heavy atom. The molecular weight excluding hydrogens is 216 g/mol. The summed E-state index contributed by atoms with van der Waals surface area (Å²) < 4.78 is 5.33. The molecule has 2 rings (SSSR count). The lowest BCUT2D eigenvalue weighted by Crippen LogP contribution is -2.51. The van der Waals surface area contributed by atoms with Crippen molar-refractivity contribution < 1.29 is 9.53 Å². The van der Waals surface area contributed by atoms with Crippen LogP contribution in [0.25, 0.3) is 0 Å². The van der Waals surface area contributed by atoms with E-state index < -0.39 is 0 Å². The van der Waals surface area contributed by atoms with Gasteiger partial charge in [0.05, 0.1) is 0 Å². The minimum absolute atomic E-state index is 0.338. The fraction of sp³-hybridized carbons (Fsp3) is 0.923. The summed E-state index contributed by atoms with van der Waals surface area (Å²) in [5.74, 6) is 1.04.